The van der Waals surface area contributed by atoms with Crippen LogP contribution in [0, 0.1) is 5.41 Å². The fourth-order valence-corrected chi connectivity index (χ4v) is 2.07. The largest absolute Gasteiger partial charge is 0.466 e. The molecule has 0 N–H and O–H groups in total. The molecule has 2 nitrogen and oxygen atoms in total. The molecule has 0 radical (unpaired) electrons. The first kappa shape index (κ1) is 15.5. The fourth-order valence-electron chi connectivity index (χ4n) is 2.07. The lowest BCUT2D eigenvalue weighted by Crippen LogP contribution is -2.22. The highest BCUT2D eigenvalue weighted by Crippen LogP contribution is 2.34. The van der Waals surface area contributed by atoms with Crippen molar-refractivity contribution in [1.82, 2.24) is 0 Å². The van der Waals surface area contributed by atoms with E-state index in [1.54, 1.807) is 0 Å². The topological polar surface area (TPSA) is 26.3 Å². The highest BCUT2D eigenvalue weighted by molar-refractivity contribution is 5.70. The van der Waals surface area contributed by atoms with E-state index in [1.165, 1.54) is 25.7 Å². The van der Waals surface area contributed by atoms with Crippen LogP contribution in [0.3, 0.4) is 0 Å². The van der Waals surface area contributed by atoms with Gasteiger partial charge in [0, 0.05) is 0 Å². The summed E-state index contributed by atoms with van der Waals surface area (Å²) in [6, 6.07) is 0. The van der Waals surface area contributed by atoms with Crippen LogP contribution in [0.2, 0.25) is 0 Å². The SMILES string of the molecule is CCCCC(C)(CCCC)CC(=O)OCC. The van der Waals surface area contributed by atoms with Crippen molar-refractivity contribution < 1.29 is 9.53 Å². The van der Waals surface area contributed by atoms with E-state index in [9.17, 15) is 4.79 Å². The molecule has 0 aromatic carbocycles. The summed E-state index contributed by atoms with van der Waals surface area (Å²) in [5.74, 6) is -0.0304. The maximum atomic E-state index is 11.6. The van der Waals surface area contributed by atoms with Gasteiger partial charge in [0.2, 0.25) is 0 Å². The predicted molar refractivity (Wildman–Crippen MR) is 68.4 cm³/mol. The molecule has 16 heavy (non-hydrogen) atoms. The minimum Gasteiger partial charge on any atom is -0.466 e. The van der Waals surface area contributed by atoms with Crippen LogP contribution < -0.4 is 0 Å². The molecule has 2 heteroatoms. The average Bonchev–Trinajstić information content (AvgIpc) is 2.24. The van der Waals surface area contributed by atoms with E-state index in [2.05, 4.69) is 20.8 Å². The molecule has 0 aliphatic rings. The molecule has 0 bridgehead atoms. The van der Waals surface area contributed by atoms with Crippen molar-refractivity contribution in [3.05, 3.63) is 0 Å². The van der Waals surface area contributed by atoms with Crippen molar-refractivity contribution >= 4 is 5.97 Å². The fraction of sp³-hybridized carbons (Fsp3) is 0.929. The van der Waals surface area contributed by atoms with E-state index < -0.39 is 0 Å². The van der Waals surface area contributed by atoms with E-state index in [0.29, 0.717) is 13.0 Å². The van der Waals surface area contributed by atoms with Crippen LogP contribution >= 0.6 is 0 Å². The summed E-state index contributed by atoms with van der Waals surface area (Å²) in [7, 11) is 0. The summed E-state index contributed by atoms with van der Waals surface area (Å²) in [5.41, 5.74) is 0.151. The molecule has 0 aliphatic heterocycles. The van der Waals surface area contributed by atoms with E-state index in [4.69, 9.17) is 4.74 Å². The minimum atomic E-state index is -0.0304. The van der Waals surface area contributed by atoms with Crippen LogP contribution in [0.4, 0.5) is 0 Å². The highest BCUT2D eigenvalue weighted by Gasteiger charge is 2.26. The first-order valence-electron chi connectivity index (χ1n) is 6.73. The number of carbonyl (C=O) groups excluding carboxylic acids is 1. The molecule has 0 atom stereocenters. The van der Waals surface area contributed by atoms with Gasteiger partial charge in [0.25, 0.3) is 0 Å². The summed E-state index contributed by atoms with van der Waals surface area (Å²) < 4.78 is 5.06. The zero-order chi connectivity index (χ0) is 12.4. The Labute approximate surface area is 101 Å². The average molecular weight is 228 g/mol. The van der Waals surface area contributed by atoms with Crippen LogP contribution in [0.5, 0.6) is 0 Å². The number of unbranched alkanes of at least 4 members (excludes halogenated alkanes) is 2. The van der Waals surface area contributed by atoms with Crippen molar-refractivity contribution in [1.29, 1.82) is 0 Å². The van der Waals surface area contributed by atoms with Gasteiger partial charge < -0.3 is 4.74 Å². The Kier molecular flexibility index (Phi) is 8.32. The minimum absolute atomic E-state index is 0.0304. The quantitative estimate of drug-likeness (QED) is 0.549. The zero-order valence-electron chi connectivity index (χ0n) is 11.5. The number of ether oxygens (including phenoxy) is 1. The molecule has 0 aliphatic carbocycles. The number of esters is 1. The zero-order valence-corrected chi connectivity index (χ0v) is 11.5. The number of carbonyl (C=O) groups is 1. The maximum absolute atomic E-state index is 11.6. The lowest BCUT2D eigenvalue weighted by molar-refractivity contribution is -0.146. The Bertz CT molecular complexity index is 179. The van der Waals surface area contributed by atoms with Crippen molar-refractivity contribution in [2.75, 3.05) is 6.61 Å². The Morgan fingerprint density at radius 2 is 1.56 bits per heavy atom. The molecular weight excluding hydrogens is 200 g/mol. The number of hydrogen-bond acceptors (Lipinski definition) is 2. The predicted octanol–water partition coefficient (Wildman–Crippen LogP) is 4.33. The summed E-state index contributed by atoms with van der Waals surface area (Å²) in [5, 5.41) is 0. The standard InChI is InChI=1S/C14H28O2/c1-5-8-10-14(4,11-9-6-2)12-13(15)16-7-3/h5-12H2,1-4H3. The first-order valence-corrected chi connectivity index (χ1v) is 6.73. The smallest absolute Gasteiger partial charge is 0.306 e. The second-order valence-corrected chi connectivity index (χ2v) is 5.00. The van der Waals surface area contributed by atoms with E-state index in [-0.39, 0.29) is 11.4 Å². The highest BCUT2D eigenvalue weighted by atomic mass is 16.5. The van der Waals surface area contributed by atoms with Gasteiger partial charge in [0.1, 0.15) is 0 Å². The van der Waals surface area contributed by atoms with Gasteiger partial charge in [-0.2, -0.15) is 0 Å². The van der Waals surface area contributed by atoms with Crippen LogP contribution in [0.25, 0.3) is 0 Å². The molecule has 0 spiro atoms. The Morgan fingerprint density at radius 3 is 1.94 bits per heavy atom. The van der Waals surface area contributed by atoms with Crippen LogP contribution in [-0.2, 0) is 9.53 Å². The van der Waals surface area contributed by atoms with Gasteiger partial charge >= 0.3 is 5.97 Å². The molecule has 0 aromatic rings. The van der Waals surface area contributed by atoms with Crippen LogP contribution in [-0.4, -0.2) is 12.6 Å². The Balaban J connectivity index is 4.21. The third kappa shape index (κ3) is 6.86. The molecule has 0 saturated heterocycles. The molecule has 0 unspecified atom stereocenters. The number of hydrogen-bond donors (Lipinski definition) is 0. The maximum Gasteiger partial charge on any atom is 0.306 e. The lowest BCUT2D eigenvalue weighted by atomic mass is 9.77. The molecule has 0 aromatic heterocycles. The van der Waals surface area contributed by atoms with E-state index in [0.717, 1.165) is 12.8 Å². The Morgan fingerprint density at radius 1 is 1.06 bits per heavy atom. The second-order valence-electron chi connectivity index (χ2n) is 5.00. The first-order chi connectivity index (χ1) is 7.58. The van der Waals surface area contributed by atoms with E-state index in [1.807, 2.05) is 6.92 Å². The normalized spacial score (nSPS) is 11.5. The Hall–Kier alpha value is -0.530. The third-order valence-electron chi connectivity index (χ3n) is 3.14. The molecule has 0 fully saturated rings. The van der Waals surface area contributed by atoms with Gasteiger partial charge in [-0.25, -0.2) is 0 Å². The van der Waals surface area contributed by atoms with Gasteiger partial charge in [0.15, 0.2) is 0 Å². The van der Waals surface area contributed by atoms with Gasteiger partial charge in [-0.1, -0.05) is 46.5 Å². The number of rotatable bonds is 9. The molecule has 0 heterocycles. The van der Waals surface area contributed by atoms with Gasteiger partial charge in [0.05, 0.1) is 13.0 Å². The summed E-state index contributed by atoms with van der Waals surface area (Å²) >= 11 is 0. The van der Waals surface area contributed by atoms with Gasteiger partial charge in [-0.15, -0.1) is 0 Å². The van der Waals surface area contributed by atoms with Crippen molar-refractivity contribution in [2.45, 2.75) is 72.6 Å². The van der Waals surface area contributed by atoms with Crippen LogP contribution in [0.15, 0.2) is 0 Å². The van der Waals surface area contributed by atoms with Crippen molar-refractivity contribution in [2.24, 2.45) is 5.41 Å². The van der Waals surface area contributed by atoms with E-state index >= 15 is 0 Å². The monoisotopic (exact) mass is 228 g/mol. The van der Waals surface area contributed by atoms with Gasteiger partial charge in [-0.05, 0) is 25.2 Å². The van der Waals surface area contributed by atoms with Gasteiger partial charge in [-0.3, -0.25) is 4.79 Å². The third-order valence-corrected chi connectivity index (χ3v) is 3.14. The van der Waals surface area contributed by atoms with Crippen molar-refractivity contribution in [3.63, 3.8) is 0 Å². The summed E-state index contributed by atoms with van der Waals surface area (Å²) in [4.78, 5) is 11.6. The second kappa shape index (κ2) is 8.60. The molecule has 96 valence electrons. The summed E-state index contributed by atoms with van der Waals surface area (Å²) in [6.07, 6.45) is 7.68. The lowest BCUT2D eigenvalue weighted by Gasteiger charge is -2.28. The van der Waals surface area contributed by atoms with Crippen molar-refractivity contribution in [3.8, 4) is 0 Å². The molecule has 0 rings (SSSR count). The summed E-state index contributed by atoms with van der Waals surface area (Å²) in [6.45, 7) is 8.99. The van der Waals surface area contributed by atoms with Crippen LogP contribution in [0.1, 0.15) is 72.6 Å². The molecular formula is C14H28O2. The molecule has 0 amide bonds. The molecule has 0 saturated carbocycles.